The summed E-state index contributed by atoms with van der Waals surface area (Å²) in [6.07, 6.45) is 10.7. The van der Waals surface area contributed by atoms with Crippen LogP contribution in [0.5, 0.6) is 11.5 Å². The molecule has 0 radical (unpaired) electrons. The van der Waals surface area contributed by atoms with Gasteiger partial charge in [-0.15, -0.1) is 0 Å². The lowest BCUT2D eigenvalue weighted by atomic mass is 9.95. The molecule has 3 aromatic heterocycles. The summed E-state index contributed by atoms with van der Waals surface area (Å²) in [7, 11) is -1.48. The van der Waals surface area contributed by atoms with E-state index in [1.807, 2.05) is 59.2 Å². The van der Waals surface area contributed by atoms with Crippen molar-refractivity contribution in [3.63, 3.8) is 0 Å². The third-order valence-electron chi connectivity index (χ3n) is 12.8. The van der Waals surface area contributed by atoms with Gasteiger partial charge in [0, 0.05) is 23.0 Å². The molecule has 0 saturated carbocycles. The van der Waals surface area contributed by atoms with Crippen LogP contribution in [0.2, 0.25) is 18.1 Å². The number of fused-ring (bicyclic) bond motifs is 6. The average Bonchev–Trinajstić information content (AvgIpc) is 4.11. The molecular formula is C55H44N4OSi. The van der Waals surface area contributed by atoms with Gasteiger partial charge in [0.05, 0.1) is 55.2 Å². The fourth-order valence-electron chi connectivity index (χ4n) is 10.1. The van der Waals surface area contributed by atoms with Crippen LogP contribution >= 0.6 is 0 Å². The van der Waals surface area contributed by atoms with Crippen LogP contribution in [0.15, 0.2) is 182 Å². The molecule has 294 valence electrons. The fraction of sp³-hybridized carbons (Fsp3) is 0.127. The molecule has 0 N–H and O–H groups in total. The second-order valence-corrected chi connectivity index (χ2v) is 20.7. The van der Waals surface area contributed by atoms with Crippen molar-refractivity contribution in [2.75, 3.05) is 0 Å². The number of aryl methyl sites for hydroxylation is 1. The Morgan fingerprint density at radius 1 is 0.623 bits per heavy atom. The topological polar surface area (TPSA) is 35.9 Å². The number of aromatic nitrogens is 4. The molecule has 5 nitrogen and oxygen atoms in total. The number of nitrogens with zero attached hydrogens (tertiary/aromatic N) is 4. The Morgan fingerprint density at radius 2 is 1.30 bits per heavy atom. The summed E-state index contributed by atoms with van der Waals surface area (Å²) in [5, 5.41) is 3.79. The van der Waals surface area contributed by atoms with Gasteiger partial charge in [0.25, 0.3) is 6.33 Å². The Morgan fingerprint density at radius 3 is 2.08 bits per heavy atom. The number of imidazole rings is 1. The fourth-order valence-corrected chi connectivity index (χ4v) is 15.6. The summed E-state index contributed by atoms with van der Waals surface area (Å²) < 4.78 is 99.5. The summed E-state index contributed by atoms with van der Waals surface area (Å²) >= 11 is 0. The van der Waals surface area contributed by atoms with Crippen LogP contribution in [-0.4, -0.2) is 22.2 Å². The van der Waals surface area contributed by atoms with E-state index in [1.165, 1.54) is 43.0 Å². The van der Waals surface area contributed by atoms with Crippen LogP contribution < -0.4 is 14.5 Å². The minimum Gasteiger partial charge on any atom is -0.458 e. The molecule has 1 spiro atoms. The minimum atomic E-state index is -1.48. The predicted octanol–water partition coefficient (Wildman–Crippen LogP) is 12.7. The zero-order chi connectivity index (χ0) is 49.0. The van der Waals surface area contributed by atoms with Gasteiger partial charge in [-0.3, -0.25) is 13.7 Å². The Bertz CT molecular complexity index is 3740. The van der Waals surface area contributed by atoms with Gasteiger partial charge in [-0.2, -0.15) is 0 Å². The van der Waals surface area contributed by atoms with Crippen molar-refractivity contribution >= 4 is 46.1 Å². The molecular weight excluding hydrogens is 761 g/mol. The maximum Gasteiger partial charge on any atom is 0.269 e. The van der Waals surface area contributed by atoms with Crippen molar-refractivity contribution in [2.45, 2.75) is 43.8 Å². The maximum atomic E-state index is 9.02. The molecule has 6 heteroatoms. The van der Waals surface area contributed by atoms with Crippen LogP contribution in [0.1, 0.15) is 38.5 Å². The molecule has 12 rings (SSSR count). The number of ether oxygens (including phenoxy) is 1. The molecule has 0 atom stereocenters. The maximum absolute atomic E-state index is 9.02. The molecule has 7 aromatic carbocycles. The third-order valence-corrected chi connectivity index (χ3v) is 18.3. The van der Waals surface area contributed by atoms with Crippen LogP contribution in [0.3, 0.4) is 0 Å². The first-order valence-corrected chi connectivity index (χ1v) is 23.5. The molecule has 61 heavy (non-hydrogen) atoms. The Labute approximate surface area is 370 Å². The number of rotatable bonds is 7. The number of hydrogen-bond acceptors (Lipinski definition) is 2. The van der Waals surface area contributed by atoms with E-state index in [0.717, 1.165) is 34.0 Å². The van der Waals surface area contributed by atoms with Gasteiger partial charge in [0.1, 0.15) is 17.3 Å². The number of hydrogen-bond donors (Lipinski definition) is 0. The summed E-state index contributed by atoms with van der Waals surface area (Å²) in [4.78, 5) is 5.21. The second kappa shape index (κ2) is 14.6. The van der Waals surface area contributed by atoms with Crippen LogP contribution in [0.4, 0.5) is 0 Å². The van der Waals surface area contributed by atoms with E-state index in [9.17, 15) is 0 Å². The van der Waals surface area contributed by atoms with E-state index in [0.29, 0.717) is 28.2 Å². The standard InChI is InChI=1S/C55H44N4OSi/c1-3-16-39(17-4-1)45-24-14-25-46(40-18-5-2-6-19-40)55(45)58-38-57(50-27-9-10-28-51(50)58)42-21-13-22-43(35-42)60-44-29-30-48-47-23-7-8-26-49(47)59(52(48)36-44)54-34-41-20-15-33-61(31-11-12-32-61)53(41)37-56-54/h1-10,13-14,16-19,21-30,34-37H,11-12,15,20,31-33H2/i1D,2D,3D,4D,5D,6D,16D,17D,18D,19D. The zero-order valence-corrected chi connectivity index (χ0v) is 34.2. The lowest BCUT2D eigenvalue weighted by Gasteiger charge is -2.33. The molecule has 1 fully saturated rings. The highest BCUT2D eigenvalue weighted by atomic mass is 28.3. The Kier molecular flexibility index (Phi) is 6.45. The van der Waals surface area contributed by atoms with Crippen molar-refractivity contribution in [3.05, 3.63) is 194 Å². The highest BCUT2D eigenvalue weighted by Crippen LogP contribution is 2.40. The van der Waals surface area contributed by atoms with Crippen LogP contribution in [0.25, 0.3) is 72.3 Å². The lowest BCUT2D eigenvalue weighted by Crippen LogP contribution is -2.49. The summed E-state index contributed by atoms with van der Waals surface area (Å²) in [6.45, 7) is 0. The van der Waals surface area contributed by atoms with Crippen LogP contribution in [0, 0.1) is 6.33 Å². The first-order valence-electron chi connectivity index (χ1n) is 25.9. The van der Waals surface area contributed by atoms with Gasteiger partial charge in [-0.25, -0.2) is 4.98 Å². The van der Waals surface area contributed by atoms with Gasteiger partial charge in [-0.1, -0.05) is 165 Å². The molecule has 0 amide bonds. The molecule has 10 aromatic rings. The molecule has 2 aliphatic rings. The average molecular weight is 815 g/mol. The normalized spacial score (nSPS) is 16.9. The molecule has 1 saturated heterocycles. The Hall–Kier alpha value is -7.02. The highest BCUT2D eigenvalue weighted by Gasteiger charge is 2.41. The first-order chi connectivity index (χ1) is 34.3. The summed E-state index contributed by atoms with van der Waals surface area (Å²) in [5.41, 5.74) is 5.71. The van der Waals surface area contributed by atoms with Crippen molar-refractivity contribution in [1.82, 2.24) is 14.1 Å². The van der Waals surface area contributed by atoms with E-state index in [1.54, 1.807) is 28.0 Å². The van der Waals surface area contributed by atoms with Crippen molar-refractivity contribution in [2.24, 2.45) is 0 Å². The van der Waals surface area contributed by atoms with Gasteiger partial charge in [0.2, 0.25) is 0 Å². The lowest BCUT2D eigenvalue weighted by molar-refractivity contribution is -0.571. The van der Waals surface area contributed by atoms with Gasteiger partial charge < -0.3 is 4.74 Å². The molecule has 0 unspecified atom stereocenters. The van der Waals surface area contributed by atoms with Crippen molar-refractivity contribution < 1.29 is 23.0 Å². The smallest absolute Gasteiger partial charge is 0.269 e. The second-order valence-electron chi connectivity index (χ2n) is 16.1. The van der Waals surface area contributed by atoms with Crippen LogP contribution in [-0.2, 0) is 6.42 Å². The quantitative estimate of drug-likeness (QED) is 0.0913. The molecule has 2 aliphatic heterocycles. The molecule has 0 aliphatic carbocycles. The first kappa shape index (κ1) is 26.9. The SMILES string of the molecule is [2H]c1c([2H])c([2H])c(-c2cccc(-c3c([2H])c([2H])c([2H])c([2H])c3[2H])c2-[n+]2[c-]n(-c3cccc(Oc4ccc5c6ccccc6n(-c6cc7c(cn6)[Si]6(CCCC6)CCC7)c5c4)c3)c3ccccc32)c([2H])c1[2H]. The number of benzene rings is 7. The molecule has 5 heterocycles. The monoisotopic (exact) mass is 814 g/mol. The van der Waals surface area contributed by atoms with E-state index >= 15 is 0 Å². The Balaban J connectivity index is 0.996. The van der Waals surface area contributed by atoms with E-state index in [4.69, 9.17) is 23.4 Å². The predicted molar refractivity (Wildman–Crippen MR) is 251 cm³/mol. The van der Waals surface area contributed by atoms with E-state index in [-0.39, 0.29) is 27.9 Å². The number of para-hydroxylation sites is 4. The summed E-state index contributed by atoms with van der Waals surface area (Å²) in [6, 6.07) is 35.7. The largest absolute Gasteiger partial charge is 0.458 e. The van der Waals surface area contributed by atoms with E-state index < -0.39 is 68.5 Å². The van der Waals surface area contributed by atoms with Gasteiger partial charge in [0.15, 0.2) is 0 Å². The third kappa shape index (κ3) is 6.04. The number of pyridine rings is 1. The van der Waals surface area contributed by atoms with Crippen molar-refractivity contribution in [1.29, 1.82) is 0 Å². The van der Waals surface area contributed by atoms with Gasteiger partial charge in [-0.05, 0) is 81.9 Å². The minimum absolute atomic E-state index is 0.120. The van der Waals surface area contributed by atoms with E-state index in [2.05, 4.69) is 59.6 Å². The zero-order valence-electron chi connectivity index (χ0n) is 43.2. The van der Waals surface area contributed by atoms with Crippen molar-refractivity contribution in [3.8, 4) is 50.9 Å². The highest BCUT2D eigenvalue weighted by molar-refractivity contribution is 6.92. The molecule has 0 bridgehead atoms. The van der Waals surface area contributed by atoms with Gasteiger partial charge >= 0.3 is 0 Å². The summed E-state index contributed by atoms with van der Waals surface area (Å²) in [5.74, 6) is 2.07.